The van der Waals surface area contributed by atoms with Gasteiger partial charge in [0.1, 0.15) is 23.0 Å². The van der Waals surface area contributed by atoms with Gasteiger partial charge in [-0.3, -0.25) is 0 Å². The highest BCUT2D eigenvalue weighted by Gasteiger charge is 2.54. The van der Waals surface area contributed by atoms with Gasteiger partial charge in [0.05, 0.1) is 16.2 Å². The first-order valence-electron chi connectivity index (χ1n) is 33.1. The van der Waals surface area contributed by atoms with Crippen LogP contribution in [0.3, 0.4) is 0 Å². The Morgan fingerprint density at radius 1 is 0.189 bits per heavy atom. The SMILES string of the molecule is c1ccc(C2(c3ccccc3)c3ccccc3Oc3c(-c4cccc5c(-c6cc7ccccc7c7c6C6(c8ccccc8-c8ccccc86)c6ccccc6-7)c6cccc(-c7cccc8c7Oc7ccccc7C8(c7ccccc7)c7ccccc7)c6cc45)cccc32)cc1. The highest BCUT2D eigenvalue weighted by molar-refractivity contribution is 6.22. The van der Waals surface area contributed by atoms with E-state index >= 15 is 0 Å². The maximum atomic E-state index is 7.55. The molecule has 0 bridgehead atoms. The van der Waals surface area contributed by atoms with Crippen LogP contribution in [0.5, 0.6) is 23.0 Å². The molecule has 2 aliphatic heterocycles. The Kier molecular flexibility index (Phi) is 11.5. The maximum Gasteiger partial charge on any atom is 0.140 e. The van der Waals surface area contributed by atoms with E-state index in [0.717, 1.165) is 89.1 Å². The normalized spacial score (nSPS) is 14.3. The Morgan fingerprint density at radius 3 is 1.00 bits per heavy atom. The van der Waals surface area contributed by atoms with Crippen LogP contribution in [0.4, 0.5) is 0 Å². The summed E-state index contributed by atoms with van der Waals surface area (Å²) in [6, 6.07) is 131. The van der Waals surface area contributed by atoms with Crippen molar-refractivity contribution in [2.45, 2.75) is 16.2 Å². The molecule has 0 aromatic heterocycles. The van der Waals surface area contributed by atoms with Gasteiger partial charge in [0.15, 0.2) is 0 Å². The van der Waals surface area contributed by atoms with Crippen LogP contribution in [0.25, 0.3) is 88.0 Å². The van der Waals surface area contributed by atoms with Crippen LogP contribution >= 0.6 is 0 Å². The lowest BCUT2D eigenvalue weighted by molar-refractivity contribution is 0.436. The quantitative estimate of drug-likeness (QED) is 0.148. The first kappa shape index (κ1) is 53.6. The van der Waals surface area contributed by atoms with Crippen LogP contribution in [-0.4, -0.2) is 0 Å². The van der Waals surface area contributed by atoms with Gasteiger partial charge in [0, 0.05) is 33.4 Å². The van der Waals surface area contributed by atoms with E-state index in [1.165, 1.54) is 88.7 Å². The number of ether oxygens (including phenoxy) is 2. The molecule has 0 atom stereocenters. The van der Waals surface area contributed by atoms with Gasteiger partial charge in [0.25, 0.3) is 0 Å². The second-order valence-electron chi connectivity index (χ2n) is 25.9. The van der Waals surface area contributed by atoms with Crippen molar-refractivity contribution in [3.63, 3.8) is 0 Å². The molecule has 95 heavy (non-hydrogen) atoms. The minimum atomic E-state index is -0.721. The first-order chi connectivity index (χ1) is 47.2. The van der Waals surface area contributed by atoms with Gasteiger partial charge < -0.3 is 9.47 Å². The van der Waals surface area contributed by atoms with E-state index in [4.69, 9.17) is 9.47 Å². The van der Waals surface area contributed by atoms with Crippen molar-refractivity contribution in [1.82, 2.24) is 0 Å². The first-order valence-corrected chi connectivity index (χ1v) is 33.1. The van der Waals surface area contributed by atoms with Crippen LogP contribution < -0.4 is 9.47 Å². The Balaban J connectivity index is 0.943. The molecule has 20 rings (SSSR count). The number of benzene rings is 16. The van der Waals surface area contributed by atoms with Gasteiger partial charge >= 0.3 is 0 Å². The number of fused-ring (bicyclic) bond motifs is 18. The van der Waals surface area contributed by atoms with Crippen molar-refractivity contribution >= 4 is 32.3 Å². The molecule has 0 fully saturated rings. The van der Waals surface area contributed by atoms with E-state index in [1.807, 2.05) is 0 Å². The predicted molar refractivity (Wildman–Crippen MR) is 388 cm³/mol. The van der Waals surface area contributed by atoms with Crippen molar-refractivity contribution in [3.05, 3.63) is 419 Å². The molecule has 16 aromatic carbocycles. The number of rotatable bonds is 7. The zero-order valence-corrected chi connectivity index (χ0v) is 51.8. The third kappa shape index (κ3) is 7.18. The molecule has 0 radical (unpaired) electrons. The second-order valence-corrected chi connectivity index (χ2v) is 25.9. The zero-order valence-electron chi connectivity index (χ0n) is 51.8. The Hall–Kier alpha value is -12.1. The molecule has 0 saturated heterocycles. The summed E-state index contributed by atoms with van der Waals surface area (Å²) in [7, 11) is 0. The van der Waals surface area contributed by atoms with Gasteiger partial charge in [-0.05, 0) is 146 Å². The highest BCUT2D eigenvalue weighted by atomic mass is 16.5. The third-order valence-electron chi connectivity index (χ3n) is 21.5. The molecule has 2 heteroatoms. The average Bonchev–Trinajstić information content (AvgIpc) is 1.23. The molecule has 4 aliphatic rings. The summed E-state index contributed by atoms with van der Waals surface area (Å²) >= 11 is 0. The van der Waals surface area contributed by atoms with E-state index in [-0.39, 0.29) is 0 Å². The van der Waals surface area contributed by atoms with Crippen molar-refractivity contribution < 1.29 is 9.47 Å². The summed E-state index contributed by atoms with van der Waals surface area (Å²) in [5, 5.41) is 6.95. The van der Waals surface area contributed by atoms with E-state index in [1.54, 1.807) is 0 Å². The molecule has 442 valence electrons. The van der Waals surface area contributed by atoms with Crippen molar-refractivity contribution in [1.29, 1.82) is 0 Å². The average molecular weight is 1210 g/mol. The van der Waals surface area contributed by atoms with E-state index in [9.17, 15) is 0 Å². The van der Waals surface area contributed by atoms with Crippen molar-refractivity contribution in [2.24, 2.45) is 0 Å². The fraction of sp³-hybridized carbons (Fsp3) is 0.0323. The fourth-order valence-electron chi connectivity index (χ4n) is 18.0. The van der Waals surface area contributed by atoms with Crippen LogP contribution in [0.2, 0.25) is 0 Å². The topological polar surface area (TPSA) is 18.5 Å². The predicted octanol–water partition coefficient (Wildman–Crippen LogP) is 23.5. The smallest absolute Gasteiger partial charge is 0.140 e. The molecule has 2 heterocycles. The monoisotopic (exact) mass is 1210 g/mol. The fourth-order valence-corrected chi connectivity index (χ4v) is 18.0. The summed E-state index contributed by atoms with van der Waals surface area (Å²) in [6.07, 6.45) is 0. The summed E-state index contributed by atoms with van der Waals surface area (Å²) < 4.78 is 15.1. The third-order valence-corrected chi connectivity index (χ3v) is 21.5. The lowest BCUT2D eigenvalue weighted by Crippen LogP contribution is -2.34. The van der Waals surface area contributed by atoms with Gasteiger partial charge in [-0.1, -0.05) is 328 Å². The largest absolute Gasteiger partial charge is 0.456 e. The molecule has 16 aromatic rings. The molecule has 0 unspecified atom stereocenters. The van der Waals surface area contributed by atoms with E-state index in [2.05, 4.69) is 352 Å². The molecule has 2 nitrogen and oxygen atoms in total. The molecular formula is C93H58O2. The number of para-hydroxylation sites is 4. The zero-order chi connectivity index (χ0) is 62.4. The molecule has 2 aliphatic carbocycles. The number of hydrogen-bond acceptors (Lipinski definition) is 2. The molecule has 0 saturated carbocycles. The minimum Gasteiger partial charge on any atom is -0.456 e. The lowest BCUT2D eigenvalue weighted by atomic mass is 9.63. The van der Waals surface area contributed by atoms with Crippen LogP contribution in [0.1, 0.15) is 66.8 Å². The molecular weight excluding hydrogens is 1150 g/mol. The van der Waals surface area contributed by atoms with Crippen molar-refractivity contribution in [3.8, 4) is 78.6 Å². The van der Waals surface area contributed by atoms with Gasteiger partial charge in [-0.25, -0.2) is 0 Å². The minimum absolute atomic E-state index is 0.669. The highest BCUT2D eigenvalue weighted by Crippen LogP contribution is 2.67. The van der Waals surface area contributed by atoms with Crippen molar-refractivity contribution in [2.75, 3.05) is 0 Å². The van der Waals surface area contributed by atoms with Gasteiger partial charge in [-0.2, -0.15) is 0 Å². The summed E-state index contributed by atoms with van der Waals surface area (Å²) in [6.45, 7) is 0. The Labute approximate surface area is 551 Å². The summed E-state index contributed by atoms with van der Waals surface area (Å²) in [5.41, 5.74) is 23.8. The molecule has 1 spiro atoms. The van der Waals surface area contributed by atoms with E-state index in [0.29, 0.717) is 0 Å². The van der Waals surface area contributed by atoms with Crippen LogP contribution in [0.15, 0.2) is 352 Å². The summed E-state index contributed by atoms with van der Waals surface area (Å²) in [4.78, 5) is 0. The molecule has 0 N–H and O–H groups in total. The van der Waals surface area contributed by atoms with Crippen LogP contribution in [-0.2, 0) is 16.2 Å². The maximum absolute atomic E-state index is 7.55. The van der Waals surface area contributed by atoms with Crippen LogP contribution in [0, 0.1) is 0 Å². The Morgan fingerprint density at radius 2 is 0.526 bits per heavy atom. The van der Waals surface area contributed by atoms with E-state index < -0.39 is 16.2 Å². The van der Waals surface area contributed by atoms with Gasteiger partial charge in [-0.15, -0.1) is 0 Å². The number of hydrogen-bond donors (Lipinski definition) is 0. The summed E-state index contributed by atoms with van der Waals surface area (Å²) in [5.74, 6) is 3.34. The lowest BCUT2D eigenvalue weighted by Gasteiger charge is -2.42. The second kappa shape index (κ2) is 20.4. The molecule has 0 amide bonds. The Bertz CT molecular complexity index is 5480. The standard InChI is InChI=1S/C93H58O2/c1-5-30-60(31-6-1)91(61-32-7-2-8-33-61)80-51-21-23-55-84(80)94-89-71(46-27-53-82(89)91)65-42-25-44-69-74(65)58-75-66(72-47-28-54-83-90(72)95-85-56-24-22-52-81(85)92(83,62-34-9-3-10-35-62)63-36-11-4-12-37-63)43-26-45-70(75)86(69)76-57-59-29-13-14-38-64(59)87-73-41-17-20-50-79(73)93(88(76)87)77-48-18-15-39-67(77)68-40-16-19-49-78(68)93/h1-58H. The van der Waals surface area contributed by atoms with Gasteiger partial charge in [0.2, 0.25) is 0 Å².